The summed E-state index contributed by atoms with van der Waals surface area (Å²) in [7, 11) is 0. The zero-order valence-corrected chi connectivity index (χ0v) is 16.9. The van der Waals surface area contributed by atoms with Crippen molar-refractivity contribution in [3.63, 3.8) is 0 Å². The first-order chi connectivity index (χ1) is 13.1. The molecule has 1 fully saturated rings. The second-order valence-electron chi connectivity index (χ2n) is 6.71. The number of ether oxygens (including phenoxy) is 1. The summed E-state index contributed by atoms with van der Waals surface area (Å²) in [5.74, 6) is 2.18. The number of furan rings is 1. The molecule has 2 heterocycles. The second kappa shape index (κ2) is 10.0. The van der Waals surface area contributed by atoms with Gasteiger partial charge in [-0.05, 0) is 43.2 Å². The predicted octanol–water partition coefficient (Wildman–Crippen LogP) is 4.46. The fraction of sp³-hybridized carbons (Fsp3) is 0.450. The number of benzene rings is 1. The summed E-state index contributed by atoms with van der Waals surface area (Å²) in [6.07, 6.45) is 3.53. The molecule has 1 aliphatic heterocycles. The van der Waals surface area contributed by atoms with E-state index < -0.39 is 0 Å². The first-order valence-corrected chi connectivity index (χ1v) is 9.97. The Balaban J connectivity index is 1.62. The number of aliphatic imine (C=N–C) groups is 1. The van der Waals surface area contributed by atoms with Crippen molar-refractivity contribution in [3.05, 3.63) is 58.0 Å². The minimum absolute atomic E-state index is 0.00976. The van der Waals surface area contributed by atoms with Crippen LogP contribution in [0.1, 0.15) is 30.7 Å². The summed E-state index contributed by atoms with van der Waals surface area (Å²) in [6.45, 7) is 5.11. The first kappa shape index (κ1) is 20.1. The van der Waals surface area contributed by atoms with E-state index in [4.69, 9.17) is 37.3 Å². The van der Waals surface area contributed by atoms with Crippen molar-refractivity contribution < 1.29 is 9.15 Å². The van der Waals surface area contributed by atoms with E-state index in [0.29, 0.717) is 16.0 Å². The molecule has 0 saturated carbocycles. The van der Waals surface area contributed by atoms with Crippen molar-refractivity contribution in [1.82, 2.24) is 10.6 Å². The SMILES string of the molecule is CC(NC(=NCC1CCOC1)NCCc1ccco1)c1ccc(Cl)cc1Cl. The maximum Gasteiger partial charge on any atom is 0.191 e. The molecule has 3 rings (SSSR count). The van der Waals surface area contributed by atoms with Crippen LogP contribution < -0.4 is 10.6 Å². The van der Waals surface area contributed by atoms with Crippen LogP contribution in [0.5, 0.6) is 0 Å². The van der Waals surface area contributed by atoms with E-state index in [9.17, 15) is 0 Å². The van der Waals surface area contributed by atoms with Crippen LogP contribution in [0.15, 0.2) is 46.0 Å². The standard InChI is InChI=1S/C20H25Cl2N3O2/c1-14(18-5-4-16(21)11-19(18)22)25-20(24-12-15-7-10-26-13-15)23-8-6-17-3-2-9-27-17/h2-5,9,11,14-15H,6-8,10,12-13H2,1H3,(H2,23,24,25). The molecule has 1 aliphatic rings. The summed E-state index contributed by atoms with van der Waals surface area (Å²) in [6, 6.07) is 9.40. The van der Waals surface area contributed by atoms with Crippen LogP contribution in [-0.4, -0.2) is 32.3 Å². The van der Waals surface area contributed by atoms with E-state index in [2.05, 4.69) is 17.6 Å². The topological polar surface area (TPSA) is 58.8 Å². The highest BCUT2D eigenvalue weighted by Crippen LogP contribution is 2.26. The summed E-state index contributed by atoms with van der Waals surface area (Å²) in [4.78, 5) is 4.75. The lowest BCUT2D eigenvalue weighted by Crippen LogP contribution is -2.40. The molecule has 2 N–H and O–H groups in total. The van der Waals surface area contributed by atoms with Gasteiger partial charge in [0, 0.05) is 42.1 Å². The van der Waals surface area contributed by atoms with Crippen molar-refractivity contribution >= 4 is 29.2 Å². The van der Waals surface area contributed by atoms with Crippen LogP contribution in [0.25, 0.3) is 0 Å². The number of guanidine groups is 1. The van der Waals surface area contributed by atoms with Gasteiger partial charge < -0.3 is 19.8 Å². The van der Waals surface area contributed by atoms with Crippen LogP contribution in [-0.2, 0) is 11.2 Å². The Hall–Kier alpha value is -1.69. The van der Waals surface area contributed by atoms with Gasteiger partial charge in [-0.15, -0.1) is 0 Å². The molecule has 2 unspecified atom stereocenters. The minimum Gasteiger partial charge on any atom is -0.469 e. The van der Waals surface area contributed by atoms with Crippen molar-refractivity contribution in [2.24, 2.45) is 10.9 Å². The number of halogens is 2. The van der Waals surface area contributed by atoms with Gasteiger partial charge in [0.25, 0.3) is 0 Å². The summed E-state index contributed by atoms with van der Waals surface area (Å²) < 4.78 is 10.8. The summed E-state index contributed by atoms with van der Waals surface area (Å²) >= 11 is 12.4. The molecule has 27 heavy (non-hydrogen) atoms. The zero-order valence-electron chi connectivity index (χ0n) is 15.4. The molecular weight excluding hydrogens is 385 g/mol. The normalized spacial score (nSPS) is 18.5. The Morgan fingerprint density at radius 3 is 2.93 bits per heavy atom. The predicted molar refractivity (Wildman–Crippen MR) is 110 cm³/mol. The molecule has 0 bridgehead atoms. The lowest BCUT2D eigenvalue weighted by Gasteiger charge is -2.20. The molecule has 1 aromatic carbocycles. The Bertz CT molecular complexity index is 744. The van der Waals surface area contributed by atoms with E-state index in [1.165, 1.54) is 0 Å². The molecular formula is C20H25Cl2N3O2. The lowest BCUT2D eigenvalue weighted by molar-refractivity contribution is 0.187. The number of nitrogens with one attached hydrogen (secondary N) is 2. The second-order valence-corrected chi connectivity index (χ2v) is 7.55. The molecule has 0 radical (unpaired) electrons. The van der Waals surface area contributed by atoms with Gasteiger partial charge in [-0.1, -0.05) is 29.3 Å². The van der Waals surface area contributed by atoms with Gasteiger partial charge in [-0.3, -0.25) is 4.99 Å². The summed E-state index contributed by atoms with van der Waals surface area (Å²) in [5, 5.41) is 8.09. The molecule has 0 amide bonds. The Morgan fingerprint density at radius 1 is 1.33 bits per heavy atom. The van der Waals surface area contributed by atoms with Gasteiger partial charge in [0.1, 0.15) is 5.76 Å². The van der Waals surface area contributed by atoms with E-state index >= 15 is 0 Å². The highest BCUT2D eigenvalue weighted by atomic mass is 35.5. The molecule has 5 nitrogen and oxygen atoms in total. The maximum atomic E-state index is 6.35. The monoisotopic (exact) mass is 409 g/mol. The van der Waals surface area contributed by atoms with Crippen molar-refractivity contribution in [1.29, 1.82) is 0 Å². The van der Waals surface area contributed by atoms with Gasteiger partial charge >= 0.3 is 0 Å². The maximum absolute atomic E-state index is 6.35. The van der Waals surface area contributed by atoms with Crippen molar-refractivity contribution in [3.8, 4) is 0 Å². The van der Waals surface area contributed by atoms with Crippen LogP contribution in [0, 0.1) is 5.92 Å². The third kappa shape index (κ3) is 6.16. The van der Waals surface area contributed by atoms with Gasteiger partial charge in [0.2, 0.25) is 0 Å². The lowest BCUT2D eigenvalue weighted by atomic mass is 10.1. The number of hydrogen-bond donors (Lipinski definition) is 2. The van der Waals surface area contributed by atoms with E-state index in [1.807, 2.05) is 24.3 Å². The fourth-order valence-corrected chi connectivity index (χ4v) is 3.57. The van der Waals surface area contributed by atoms with Gasteiger partial charge in [-0.25, -0.2) is 0 Å². The van der Waals surface area contributed by atoms with Crippen LogP contribution >= 0.6 is 23.2 Å². The fourth-order valence-electron chi connectivity index (χ4n) is 2.99. The molecule has 146 valence electrons. The highest BCUT2D eigenvalue weighted by molar-refractivity contribution is 6.35. The molecule has 7 heteroatoms. The molecule has 0 spiro atoms. The third-order valence-corrected chi connectivity index (χ3v) is 5.12. The third-order valence-electron chi connectivity index (χ3n) is 4.56. The van der Waals surface area contributed by atoms with E-state index in [0.717, 1.165) is 56.4 Å². The first-order valence-electron chi connectivity index (χ1n) is 9.21. The smallest absolute Gasteiger partial charge is 0.191 e. The van der Waals surface area contributed by atoms with Crippen molar-refractivity contribution in [2.75, 3.05) is 26.3 Å². The molecule has 2 aromatic rings. The largest absolute Gasteiger partial charge is 0.469 e. The Labute approximate surface area is 170 Å². The van der Waals surface area contributed by atoms with E-state index in [1.54, 1.807) is 12.3 Å². The van der Waals surface area contributed by atoms with Gasteiger partial charge in [-0.2, -0.15) is 0 Å². The molecule has 2 atom stereocenters. The highest BCUT2D eigenvalue weighted by Gasteiger charge is 2.16. The van der Waals surface area contributed by atoms with Crippen LogP contribution in [0.2, 0.25) is 10.0 Å². The number of nitrogens with zero attached hydrogens (tertiary/aromatic N) is 1. The molecule has 1 aromatic heterocycles. The molecule has 0 aliphatic carbocycles. The average Bonchev–Trinajstić information content (AvgIpc) is 3.33. The van der Waals surface area contributed by atoms with E-state index in [-0.39, 0.29) is 6.04 Å². The molecule has 1 saturated heterocycles. The zero-order chi connectivity index (χ0) is 19.1. The number of rotatable bonds is 7. The summed E-state index contributed by atoms with van der Waals surface area (Å²) in [5.41, 5.74) is 0.978. The average molecular weight is 410 g/mol. The van der Waals surface area contributed by atoms with Crippen LogP contribution in [0.4, 0.5) is 0 Å². The van der Waals surface area contributed by atoms with Crippen molar-refractivity contribution in [2.45, 2.75) is 25.8 Å². The van der Waals surface area contributed by atoms with Crippen LogP contribution in [0.3, 0.4) is 0 Å². The minimum atomic E-state index is -0.00976. The number of hydrogen-bond acceptors (Lipinski definition) is 3. The van der Waals surface area contributed by atoms with Gasteiger partial charge in [0.05, 0.1) is 18.9 Å². The van der Waals surface area contributed by atoms with Gasteiger partial charge in [0.15, 0.2) is 5.96 Å². The Morgan fingerprint density at radius 2 is 2.22 bits per heavy atom. The quantitative estimate of drug-likeness (QED) is 0.523. The Kier molecular flexibility index (Phi) is 7.44.